The third-order valence-electron chi connectivity index (χ3n) is 4.06. The first-order valence-electron chi connectivity index (χ1n) is 7.84. The van der Waals surface area contributed by atoms with Gasteiger partial charge in [0.15, 0.2) is 5.58 Å². The molecule has 0 spiro atoms. The van der Waals surface area contributed by atoms with Gasteiger partial charge in [-0.05, 0) is 11.8 Å². The van der Waals surface area contributed by atoms with Crippen LogP contribution in [-0.2, 0) is 20.1 Å². The Morgan fingerprint density at radius 2 is 1.71 bits per heavy atom. The summed E-state index contributed by atoms with van der Waals surface area (Å²) in [4.78, 5) is 4.97. The van der Waals surface area contributed by atoms with E-state index in [0.717, 1.165) is 38.5 Å². The van der Waals surface area contributed by atoms with Crippen molar-refractivity contribution >= 4 is 35.3 Å². The summed E-state index contributed by atoms with van der Waals surface area (Å²) in [5, 5.41) is 3.43. The molecule has 0 aliphatic heterocycles. The van der Waals surface area contributed by atoms with Gasteiger partial charge >= 0.3 is 0 Å². The number of hydrogen-bond acceptors (Lipinski definition) is 2. The molecule has 2 aromatic carbocycles. The topological polar surface area (TPSA) is 26.0 Å². The summed E-state index contributed by atoms with van der Waals surface area (Å²) in [5.41, 5.74) is 3.88. The number of pyridine rings is 1. The molecule has 0 unspecified atom stereocenters. The molecule has 0 fully saturated rings. The van der Waals surface area contributed by atoms with Gasteiger partial charge in [-0.25, -0.2) is 0 Å². The van der Waals surface area contributed by atoms with E-state index in [-0.39, 0.29) is 20.1 Å². The van der Waals surface area contributed by atoms with E-state index < -0.39 is 8.07 Å². The Balaban J connectivity index is 0.00000169. The molecule has 0 saturated carbocycles. The Morgan fingerprint density at radius 3 is 2.42 bits per heavy atom. The van der Waals surface area contributed by atoms with Crippen LogP contribution < -0.4 is 5.32 Å². The minimum atomic E-state index is -1.64. The van der Waals surface area contributed by atoms with E-state index in [4.69, 9.17) is 9.40 Å². The summed E-state index contributed by atoms with van der Waals surface area (Å²) < 4.78 is 6.16. The zero-order chi connectivity index (χ0) is 16.0. The molecule has 4 aromatic rings. The molecule has 0 amide bonds. The number of rotatable bonds is 2. The maximum atomic E-state index is 6.16. The molecule has 0 N–H and O–H groups in total. The molecule has 0 atom stereocenters. The zero-order valence-electron chi connectivity index (χ0n) is 13.9. The first-order valence-corrected chi connectivity index (χ1v) is 11.3. The van der Waals surface area contributed by atoms with Crippen LogP contribution in [0.15, 0.2) is 59.0 Å². The Hall–Kier alpha value is -1.74. The second kappa shape index (κ2) is 6.28. The molecule has 24 heavy (non-hydrogen) atoms. The molecule has 0 aliphatic carbocycles. The largest absolute Gasteiger partial charge is 0.455 e. The van der Waals surface area contributed by atoms with Crippen LogP contribution in [0.2, 0.25) is 19.6 Å². The predicted molar refractivity (Wildman–Crippen MR) is 98.8 cm³/mol. The summed E-state index contributed by atoms with van der Waals surface area (Å²) >= 11 is 0. The van der Waals surface area contributed by atoms with Crippen molar-refractivity contribution in [3.63, 3.8) is 0 Å². The quantitative estimate of drug-likeness (QED) is 0.282. The van der Waals surface area contributed by atoms with E-state index in [0.29, 0.717) is 0 Å². The molecule has 2 aromatic heterocycles. The number of nitrogens with zero attached hydrogens (tertiary/aromatic N) is 1. The van der Waals surface area contributed by atoms with Crippen molar-refractivity contribution in [1.29, 1.82) is 0 Å². The smallest absolute Gasteiger partial charge is 0.150 e. The van der Waals surface area contributed by atoms with Gasteiger partial charge in [0.1, 0.15) is 13.7 Å². The summed E-state index contributed by atoms with van der Waals surface area (Å²) in [6.45, 7) is 6.92. The Kier molecular flexibility index (Phi) is 4.47. The van der Waals surface area contributed by atoms with Crippen molar-refractivity contribution in [3.8, 4) is 11.3 Å². The second-order valence-corrected chi connectivity index (χ2v) is 11.8. The SMILES string of the molecule is C[Si](C)(C)c1nc(-c2[c-]cccc2)cc2c1oc1ccccc12.[Ir]. The molecule has 2 heterocycles. The number of hydrogen-bond donors (Lipinski definition) is 0. The summed E-state index contributed by atoms with van der Waals surface area (Å²) in [5.74, 6) is 0. The molecular formula is C20H18IrNOSi-. The fraction of sp³-hybridized carbons (Fsp3) is 0.150. The van der Waals surface area contributed by atoms with Crippen LogP contribution in [0.5, 0.6) is 0 Å². The zero-order valence-corrected chi connectivity index (χ0v) is 17.3. The Bertz CT molecular complexity index is 1000. The number of benzene rings is 2. The monoisotopic (exact) mass is 509 g/mol. The van der Waals surface area contributed by atoms with Crippen molar-refractivity contribution in [2.75, 3.05) is 0 Å². The number of aromatic nitrogens is 1. The van der Waals surface area contributed by atoms with Gasteiger partial charge in [-0.2, -0.15) is 0 Å². The van der Waals surface area contributed by atoms with Gasteiger partial charge in [0.2, 0.25) is 0 Å². The van der Waals surface area contributed by atoms with Crippen LogP contribution in [-0.4, -0.2) is 13.1 Å². The molecule has 1 radical (unpaired) electrons. The molecule has 4 rings (SSSR count). The Labute approximate surface area is 156 Å². The molecular weight excluding hydrogens is 491 g/mol. The predicted octanol–water partition coefficient (Wildman–Crippen LogP) is 4.99. The van der Waals surface area contributed by atoms with Gasteiger partial charge < -0.3 is 9.40 Å². The van der Waals surface area contributed by atoms with E-state index in [1.54, 1.807) is 0 Å². The van der Waals surface area contributed by atoms with Gasteiger partial charge in [0, 0.05) is 30.9 Å². The first kappa shape index (κ1) is 17.1. The summed E-state index contributed by atoms with van der Waals surface area (Å²) in [6, 6.07) is 21.6. The summed E-state index contributed by atoms with van der Waals surface area (Å²) in [7, 11) is -1.64. The molecule has 2 nitrogen and oxygen atoms in total. The third-order valence-corrected chi connectivity index (χ3v) is 5.82. The van der Waals surface area contributed by atoms with E-state index in [1.807, 2.05) is 30.3 Å². The molecule has 123 valence electrons. The second-order valence-electron chi connectivity index (χ2n) is 6.86. The van der Waals surface area contributed by atoms with Crippen molar-refractivity contribution in [2.24, 2.45) is 0 Å². The normalized spacial score (nSPS) is 11.6. The van der Waals surface area contributed by atoms with Crippen molar-refractivity contribution < 1.29 is 24.5 Å². The van der Waals surface area contributed by atoms with Crippen molar-refractivity contribution in [1.82, 2.24) is 4.98 Å². The standard InChI is InChI=1S/C20H18NOSi.Ir/c1-23(2,3)20-19-16(15-11-7-8-12-18(15)22-19)13-17(21-20)14-9-5-4-6-10-14;/h4-9,11-13H,1-3H3;/q-1;. The maximum Gasteiger partial charge on any atom is 0.150 e. The number of para-hydroxylation sites is 1. The average molecular weight is 509 g/mol. The van der Waals surface area contributed by atoms with E-state index in [9.17, 15) is 0 Å². The first-order chi connectivity index (χ1) is 11.0. The average Bonchev–Trinajstić information content (AvgIpc) is 2.92. The van der Waals surface area contributed by atoms with Crippen LogP contribution in [0.3, 0.4) is 0 Å². The fourth-order valence-electron chi connectivity index (χ4n) is 2.92. The number of furan rings is 1. The summed E-state index contributed by atoms with van der Waals surface area (Å²) in [6.07, 6.45) is 0. The molecule has 0 saturated heterocycles. The van der Waals surface area contributed by atoms with Gasteiger partial charge in [0.05, 0.1) is 5.32 Å². The van der Waals surface area contributed by atoms with E-state index >= 15 is 0 Å². The van der Waals surface area contributed by atoms with Crippen LogP contribution in [0.25, 0.3) is 33.2 Å². The van der Waals surface area contributed by atoms with Crippen LogP contribution in [0.1, 0.15) is 0 Å². The molecule has 0 aliphatic rings. The van der Waals surface area contributed by atoms with Crippen LogP contribution in [0.4, 0.5) is 0 Å². The fourth-order valence-corrected chi connectivity index (χ4v) is 4.25. The van der Waals surface area contributed by atoms with Crippen molar-refractivity contribution in [3.05, 3.63) is 60.7 Å². The number of fused-ring (bicyclic) bond motifs is 3. The minimum absolute atomic E-state index is 0. The van der Waals surface area contributed by atoms with Gasteiger partial charge in [-0.1, -0.05) is 43.9 Å². The molecule has 0 bridgehead atoms. The van der Waals surface area contributed by atoms with E-state index in [2.05, 4.69) is 50.0 Å². The minimum Gasteiger partial charge on any atom is -0.455 e. The van der Waals surface area contributed by atoms with E-state index in [1.165, 1.54) is 0 Å². The van der Waals surface area contributed by atoms with Gasteiger partial charge in [-0.15, -0.1) is 35.9 Å². The Morgan fingerprint density at radius 1 is 0.958 bits per heavy atom. The van der Waals surface area contributed by atoms with Crippen LogP contribution in [0, 0.1) is 6.07 Å². The third kappa shape index (κ3) is 2.86. The van der Waals surface area contributed by atoms with Gasteiger partial charge in [0.25, 0.3) is 0 Å². The van der Waals surface area contributed by atoms with Gasteiger partial charge in [-0.3, -0.25) is 0 Å². The maximum absolute atomic E-state index is 6.16. The van der Waals surface area contributed by atoms with Crippen LogP contribution >= 0.6 is 0 Å². The van der Waals surface area contributed by atoms with Crippen molar-refractivity contribution in [2.45, 2.75) is 19.6 Å². The molecule has 4 heteroatoms.